The average molecular weight is 564 g/mol. The van der Waals surface area contributed by atoms with E-state index in [9.17, 15) is 0 Å². The van der Waals surface area contributed by atoms with Gasteiger partial charge in [0, 0.05) is 38.4 Å². The Bertz CT molecular complexity index is 1760. The SMILES string of the molecule is C=Cc1sc2ccccc2c1/C=C(\C)C1=CCC2=C(C=C1)C/C=C\C=C/C(=C)C2(c1ccccc1)C1C=CN=CCC1. The van der Waals surface area contributed by atoms with Gasteiger partial charge in [-0.3, -0.25) is 4.99 Å². The molecule has 2 aromatic carbocycles. The van der Waals surface area contributed by atoms with Crippen LogP contribution in [0.2, 0.25) is 0 Å². The molecule has 1 nitrogen and oxygen atoms in total. The van der Waals surface area contributed by atoms with Gasteiger partial charge in [-0.25, -0.2) is 0 Å². The molecule has 0 saturated carbocycles. The molecule has 1 aromatic heterocycles. The Labute approximate surface area is 254 Å². The van der Waals surface area contributed by atoms with E-state index < -0.39 is 0 Å². The smallest absolute Gasteiger partial charge is 0.0477 e. The van der Waals surface area contributed by atoms with Gasteiger partial charge in [-0.15, -0.1) is 11.3 Å². The number of rotatable bonds is 5. The molecule has 3 aliphatic rings. The Kier molecular flexibility index (Phi) is 8.17. The van der Waals surface area contributed by atoms with Crippen LogP contribution in [0.15, 0.2) is 155 Å². The second-order valence-corrected chi connectivity index (χ2v) is 12.2. The largest absolute Gasteiger partial charge is 0.269 e. The summed E-state index contributed by atoms with van der Waals surface area (Å²) in [6.07, 6.45) is 30.3. The lowest BCUT2D eigenvalue weighted by Crippen LogP contribution is -2.38. The van der Waals surface area contributed by atoms with E-state index in [-0.39, 0.29) is 11.3 Å². The van der Waals surface area contributed by atoms with Gasteiger partial charge < -0.3 is 0 Å². The Morgan fingerprint density at radius 2 is 1.83 bits per heavy atom. The summed E-state index contributed by atoms with van der Waals surface area (Å²) in [7, 11) is 0. The van der Waals surface area contributed by atoms with E-state index >= 15 is 0 Å². The molecule has 0 fully saturated rings. The van der Waals surface area contributed by atoms with Gasteiger partial charge in [-0.05, 0) is 84.1 Å². The normalized spacial score (nSPS) is 24.2. The fourth-order valence-electron chi connectivity index (χ4n) is 6.79. The van der Waals surface area contributed by atoms with Crippen LogP contribution in [0.5, 0.6) is 0 Å². The number of allylic oxidation sites excluding steroid dienone is 13. The van der Waals surface area contributed by atoms with Gasteiger partial charge in [-0.1, -0.05) is 116 Å². The van der Waals surface area contributed by atoms with Crippen LogP contribution in [0.1, 0.15) is 48.6 Å². The van der Waals surface area contributed by atoms with E-state index in [4.69, 9.17) is 6.58 Å². The molecular weight excluding hydrogens is 527 g/mol. The molecule has 42 heavy (non-hydrogen) atoms. The molecule has 2 heteroatoms. The first-order valence-corrected chi connectivity index (χ1v) is 15.6. The first kappa shape index (κ1) is 27.9. The van der Waals surface area contributed by atoms with Crippen LogP contribution in [-0.2, 0) is 5.41 Å². The summed E-state index contributed by atoms with van der Waals surface area (Å²) in [4.78, 5) is 5.75. The quantitative estimate of drug-likeness (QED) is 0.293. The van der Waals surface area contributed by atoms with E-state index in [2.05, 4.69) is 128 Å². The monoisotopic (exact) mass is 563 g/mol. The molecule has 0 spiro atoms. The lowest BCUT2D eigenvalue weighted by Gasteiger charge is -2.44. The molecule has 3 aromatic rings. The highest BCUT2D eigenvalue weighted by molar-refractivity contribution is 7.20. The zero-order chi connectivity index (χ0) is 28.9. The van der Waals surface area contributed by atoms with Crippen molar-refractivity contribution in [3.63, 3.8) is 0 Å². The molecule has 0 radical (unpaired) electrons. The van der Waals surface area contributed by atoms with Crippen molar-refractivity contribution in [1.29, 1.82) is 0 Å². The molecule has 0 amide bonds. The topological polar surface area (TPSA) is 12.4 Å². The number of hydrogen-bond donors (Lipinski definition) is 0. The van der Waals surface area contributed by atoms with Crippen LogP contribution >= 0.6 is 11.3 Å². The van der Waals surface area contributed by atoms with Gasteiger partial charge in [-0.2, -0.15) is 0 Å². The fraction of sp³-hybridized carbons (Fsp3) is 0.175. The number of benzene rings is 2. The predicted molar refractivity (Wildman–Crippen MR) is 185 cm³/mol. The summed E-state index contributed by atoms with van der Waals surface area (Å²) in [5.74, 6) is 0.231. The fourth-order valence-corrected chi connectivity index (χ4v) is 7.83. The van der Waals surface area contributed by atoms with Gasteiger partial charge in [0.25, 0.3) is 0 Å². The molecule has 2 unspecified atom stereocenters. The molecule has 1 aliphatic heterocycles. The zero-order valence-corrected chi connectivity index (χ0v) is 25.1. The van der Waals surface area contributed by atoms with Crippen molar-refractivity contribution in [2.45, 2.75) is 38.0 Å². The number of aliphatic imine (C=N–C) groups is 1. The average Bonchev–Trinajstić information content (AvgIpc) is 3.17. The minimum Gasteiger partial charge on any atom is -0.269 e. The van der Waals surface area contributed by atoms with Crippen LogP contribution < -0.4 is 0 Å². The third-order valence-corrected chi connectivity index (χ3v) is 9.99. The standard InChI is InChI=1S/C40H37NS/c1-4-38-36(35-19-11-12-20-39(35)42-38)28-29(2)31-21-22-32-15-8-5-7-14-30(3)40(37(32)24-23-31,33-16-9-6-10-17-33)34-18-13-26-41-27-25-34/h4-12,14,16-17,19-23,25-28,34H,1,3,13,15,18,24H2,2H3/b8-5-,14-7-,29-28+. The summed E-state index contributed by atoms with van der Waals surface area (Å²) in [6.45, 7) is 11.1. The predicted octanol–water partition coefficient (Wildman–Crippen LogP) is 11.1. The maximum absolute atomic E-state index is 4.77. The summed E-state index contributed by atoms with van der Waals surface area (Å²) in [5.41, 5.74) is 8.61. The lowest BCUT2D eigenvalue weighted by atomic mass is 9.58. The Morgan fingerprint density at radius 1 is 1.00 bits per heavy atom. The lowest BCUT2D eigenvalue weighted by molar-refractivity contribution is 0.412. The molecule has 6 rings (SSSR count). The molecule has 0 saturated heterocycles. The molecule has 208 valence electrons. The van der Waals surface area contributed by atoms with Crippen LogP contribution in [-0.4, -0.2) is 6.21 Å². The molecule has 0 N–H and O–H groups in total. The Hall–Kier alpha value is -4.27. The van der Waals surface area contributed by atoms with E-state index in [0.29, 0.717) is 0 Å². The van der Waals surface area contributed by atoms with Gasteiger partial charge in [0.1, 0.15) is 0 Å². The Balaban J connectivity index is 1.50. The molecule has 2 atom stereocenters. The number of hydrogen-bond acceptors (Lipinski definition) is 2. The van der Waals surface area contributed by atoms with Crippen LogP contribution in [0, 0.1) is 5.92 Å². The first-order chi connectivity index (χ1) is 20.6. The summed E-state index contributed by atoms with van der Waals surface area (Å²) >= 11 is 1.81. The van der Waals surface area contributed by atoms with Gasteiger partial charge in [0.2, 0.25) is 0 Å². The molecule has 0 bridgehead atoms. The second-order valence-electron chi connectivity index (χ2n) is 11.2. The first-order valence-electron chi connectivity index (χ1n) is 14.8. The minimum absolute atomic E-state index is 0.231. The van der Waals surface area contributed by atoms with Crippen LogP contribution in [0.3, 0.4) is 0 Å². The van der Waals surface area contributed by atoms with Gasteiger partial charge in [0.15, 0.2) is 0 Å². The van der Waals surface area contributed by atoms with Crippen molar-refractivity contribution in [2.75, 3.05) is 0 Å². The van der Waals surface area contributed by atoms with Crippen molar-refractivity contribution in [3.05, 3.63) is 166 Å². The zero-order valence-electron chi connectivity index (χ0n) is 24.3. The van der Waals surface area contributed by atoms with Crippen molar-refractivity contribution in [3.8, 4) is 0 Å². The van der Waals surface area contributed by atoms with E-state index in [1.807, 2.05) is 18.5 Å². The second kappa shape index (κ2) is 12.3. The minimum atomic E-state index is -0.378. The molecule has 2 heterocycles. The molecule has 2 aliphatic carbocycles. The summed E-state index contributed by atoms with van der Waals surface area (Å²) < 4.78 is 1.30. The van der Waals surface area contributed by atoms with Crippen molar-refractivity contribution in [2.24, 2.45) is 10.9 Å². The highest BCUT2D eigenvalue weighted by Gasteiger charge is 2.44. The van der Waals surface area contributed by atoms with Crippen molar-refractivity contribution in [1.82, 2.24) is 0 Å². The van der Waals surface area contributed by atoms with Crippen molar-refractivity contribution < 1.29 is 0 Å². The van der Waals surface area contributed by atoms with Crippen LogP contribution in [0.4, 0.5) is 0 Å². The Morgan fingerprint density at radius 3 is 2.69 bits per heavy atom. The van der Waals surface area contributed by atoms with Crippen LogP contribution in [0.25, 0.3) is 22.2 Å². The summed E-state index contributed by atoms with van der Waals surface area (Å²) in [6, 6.07) is 19.7. The van der Waals surface area contributed by atoms with Crippen molar-refractivity contribution >= 4 is 39.8 Å². The van der Waals surface area contributed by atoms with Gasteiger partial charge >= 0.3 is 0 Å². The van der Waals surface area contributed by atoms with E-state index in [1.54, 1.807) is 11.3 Å². The number of fused-ring (bicyclic) bond motifs is 1. The van der Waals surface area contributed by atoms with Gasteiger partial charge in [0.05, 0.1) is 0 Å². The highest BCUT2D eigenvalue weighted by atomic mass is 32.1. The number of nitrogens with zero attached hydrogens (tertiary/aromatic N) is 1. The maximum Gasteiger partial charge on any atom is 0.0477 e. The van der Waals surface area contributed by atoms with E-state index in [0.717, 1.165) is 31.3 Å². The highest BCUT2D eigenvalue weighted by Crippen LogP contribution is 2.52. The number of thiophene rings is 1. The third kappa shape index (κ3) is 5.12. The third-order valence-electron chi connectivity index (χ3n) is 8.81. The van der Waals surface area contributed by atoms with E-state index in [1.165, 1.54) is 48.4 Å². The maximum atomic E-state index is 4.77. The molecular formula is C40H37NS. The summed E-state index contributed by atoms with van der Waals surface area (Å²) in [5, 5.41) is 1.29.